The third-order valence-corrected chi connectivity index (χ3v) is 4.90. The molecule has 1 fully saturated rings. The van der Waals surface area contributed by atoms with Crippen LogP contribution in [0.25, 0.3) is 0 Å². The summed E-state index contributed by atoms with van der Waals surface area (Å²) in [5.74, 6) is 0.547. The van der Waals surface area contributed by atoms with E-state index < -0.39 is 0 Å². The number of rotatable bonds is 3. The number of thiazole rings is 1. The highest BCUT2D eigenvalue weighted by Crippen LogP contribution is 2.28. The third-order valence-electron chi connectivity index (χ3n) is 3.96. The number of carbonyl (C=O) groups is 1. The Labute approximate surface area is 128 Å². The van der Waals surface area contributed by atoms with Crippen LogP contribution < -0.4 is 0 Å². The molecule has 2 aromatic rings. The lowest BCUT2D eigenvalue weighted by molar-refractivity contribution is -0.133. The summed E-state index contributed by atoms with van der Waals surface area (Å²) >= 11 is 1.69. The van der Waals surface area contributed by atoms with Gasteiger partial charge in [-0.1, -0.05) is 0 Å². The predicted octanol–water partition coefficient (Wildman–Crippen LogP) is 2.36. The van der Waals surface area contributed by atoms with Gasteiger partial charge in [0.1, 0.15) is 6.54 Å². The Balaban J connectivity index is 1.66. The number of amides is 1. The molecule has 6 heteroatoms. The lowest BCUT2D eigenvalue weighted by Crippen LogP contribution is -2.41. The van der Waals surface area contributed by atoms with Crippen molar-refractivity contribution in [3.63, 3.8) is 0 Å². The van der Waals surface area contributed by atoms with E-state index in [4.69, 9.17) is 0 Å². The lowest BCUT2D eigenvalue weighted by atomic mass is 9.99. The third kappa shape index (κ3) is 3.15. The van der Waals surface area contributed by atoms with Crippen LogP contribution in [0.2, 0.25) is 0 Å². The molecule has 0 N–H and O–H groups in total. The number of likely N-dealkylation sites (tertiary alicyclic amines) is 1. The maximum absolute atomic E-state index is 12.5. The molecular weight excluding hydrogens is 284 g/mol. The van der Waals surface area contributed by atoms with Crippen LogP contribution >= 0.6 is 11.3 Å². The van der Waals surface area contributed by atoms with Crippen molar-refractivity contribution in [1.82, 2.24) is 19.7 Å². The summed E-state index contributed by atoms with van der Waals surface area (Å²) < 4.78 is 1.80. The summed E-state index contributed by atoms with van der Waals surface area (Å²) in [6.07, 6.45) is 4.01. The van der Waals surface area contributed by atoms with Crippen molar-refractivity contribution in [1.29, 1.82) is 0 Å². The van der Waals surface area contributed by atoms with Gasteiger partial charge in [-0.2, -0.15) is 5.10 Å². The van der Waals surface area contributed by atoms with Gasteiger partial charge in [-0.3, -0.25) is 9.48 Å². The fraction of sp³-hybridized carbons (Fsp3) is 0.533. The average molecular weight is 304 g/mol. The van der Waals surface area contributed by atoms with Gasteiger partial charge in [0.25, 0.3) is 0 Å². The first-order valence-electron chi connectivity index (χ1n) is 7.31. The quantitative estimate of drug-likeness (QED) is 0.874. The Morgan fingerprint density at radius 2 is 2.33 bits per heavy atom. The van der Waals surface area contributed by atoms with Gasteiger partial charge in [-0.15, -0.1) is 11.3 Å². The van der Waals surface area contributed by atoms with E-state index in [-0.39, 0.29) is 5.91 Å². The number of carbonyl (C=O) groups excluding carboxylic acids is 1. The molecule has 0 aliphatic carbocycles. The van der Waals surface area contributed by atoms with Crippen molar-refractivity contribution in [2.45, 2.75) is 39.2 Å². The van der Waals surface area contributed by atoms with Crippen molar-refractivity contribution in [2.24, 2.45) is 0 Å². The zero-order valence-electron chi connectivity index (χ0n) is 12.5. The van der Waals surface area contributed by atoms with E-state index in [1.807, 2.05) is 36.4 Å². The highest BCUT2D eigenvalue weighted by atomic mass is 32.1. The minimum atomic E-state index is 0.155. The van der Waals surface area contributed by atoms with Gasteiger partial charge in [0.15, 0.2) is 0 Å². The molecular formula is C15H20N4OS. The molecule has 21 heavy (non-hydrogen) atoms. The summed E-state index contributed by atoms with van der Waals surface area (Å²) in [6.45, 7) is 5.91. The predicted molar refractivity (Wildman–Crippen MR) is 82.4 cm³/mol. The van der Waals surface area contributed by atoms with Crippen LogP contribution in [0.5, 0.6) is 0 Å². The van der Waals surface area contributed by atoms with Gasteiger partial charge in [0.2, 0.25) is 5.91 Å². The normalized spacial score (nSPS) is 19.0. The fourth-order valence-corrected chi connectivity index (χ4v) is 3.67. The van der Waals surface area contributed by atoms with Crippen LogP contribution in [0.1, 0.15) is 35.2 Å². The van der Waals surface area contributed by atoms with Gasteiger partial charge in [-0.05, 0) is 32.8 Å². The summed E-state index contributed by atoms with van der Waals surface area (Å²) in [6, 6.07) is 2.00. The number of aromatic nitrogens is 3. The number of piperidine rings is 1. The first kappa shape index (κ1) is 14.3. The molecule has 5 nitrogen and oxygen atoms in total. The Hall–Kier alpha value is -1.69. The van der Waals surface area contributed by atoms with E-state index in [9.17, 15) is 4.79 Å². The first-order chi connectivity index (χ1) is 10.1. The Kier molecular flexibility index (Phi) is 4.05. The molecule has 1 aliphatic heterocycles. The molecule has 1 aliphatic rings. The van der Waals surface area contributed by atoms with Crippen LogP contribution in [-0.4, -0.2) is 38.7 Å². The number of nitrogens with zero attached hydrogens (tertiary/aromatic N) is 4. The van der Waals surface area contributed by atoms with Gasteiger partial charge in [-0.25, -0.2) is 4.98 Å². The average Bonchev–Trinajstić information content (AvgIpc) is 3.09. The van der Waals surface area contributed by atoms with E-state index in [1.54, 1.807) is 16.0 Å². The minimum absolute atomic E-state index is 0.155. The Morgan fingerprint density at radius 1 is 1.48 bits per heavy atom. The zero-order valence-corrected chi connectivity index (χ0v) is 13.3. The molecule has 3 rings (SSSR count). The summed E-state index contributed by atoms with van der Waals surface area (Å²) in [7, 11) is 0. The van der Waals surface area contributed by atoms with Crippen molar-refractivity contribution < 1.29 is 4.79 Å². The van der Waals surface area contributed by atoms with E-state index in [1.165, 1.54) is 0 Å². The van der Waals surface area contributed by atoms with Gasteiger partial charge < -0.3 is 4.90 Å². The highest BCUT2D eigenvalue weighted by Gasteiger charge is 2.26. The largest absolute Gasteiger partial charge is 0.340 e. The number of hydrogen-bond acceptors (Lipinski definition) is 4. The summed E-state index contributed by atoms with van der Waals surface area (Å²) in [4.78, 5) is 18.9. The highest BCUT2D eigenvalue weighted by molar-refractivity contribution is 7.09. The van der Waals surface area contributed by atoms with Crippen molar-refractivity contribution in [3.8, 4) is 0 Å². The van der Waals surface area contributed by atoms with Crippen molar-refractivity contribution >= 4 is 17.2 Å². The maximum atomic E-state index is 12.5. The molecule has 3 heterocycles. The van der Waals surface area contributed by atoms with E-state index in [2.05, 4.69) is 10.1 Å². The molecule has 112 valence electrons. The van der Waals surface area contributed by atoms with Crippen molar-refractivity contribution in [3.05, 3.63) is 34.0 Å². The smallest absolute Gasteiger partial charge is 0.244 e. The molecule has 0 unspecified atom stereocenters. The van der Waals surface area contributed by atoms with Gasteiger partial charge in [0.05, 0.1) is 10.7 Å². The van der Waals surface area contributed by atoms with Crippen LogP contribution in [0.4, 0.5) is 0 Å². The second-order valence-corrected chi connectivity index (χ2v) is 6.56. The monoisotopic (exact) mass is 304 g/mol. The van der Waals surface area contributed by atoms with Gasteiger partial charge >= 0.3 is 0 Å². The second kappa shape index (κ2) is 5.97. The SMILES string of the molecule is Cc1cc(C)n(CC(=O)N2CCC[C@H](c3nccs3)C2)n1. The van der Waals surface area contributed by atoms with E-state index in [0.717, 1.165) is 42.3 Å². The Bertz CT molecular complexity index is 620. The minimum Gasteiger partial charge on any atom is -0.340 e. The fourth-order valence-electron chi connectivity index (χ4n) is 2.90. The topological polar surface area (TPSA) is 51.0 Å². The molecule has 1 atom stereocenters. The number of hydrogen-bond donors (Lipinski definition) is 0. The molecule has 0 spiro atoms. The van der Waals surface area contributed by atoms with E-state index >= 15 is 0 Å². The van der Waals surface area contributed by atoms with Crippen LogP contribution in [0.15, 0.2) is 17.6 Å². The lowest BCUT2D eigenvalue weighted by Gasteiger charge is -2.32. The molecule has 0 aromatic carbocycles. The first-order valence-corrected chi connectivity index (χ1v) is 8.19. The number of aryl methyl sites for hydroxylation is 2. The summed E-state index contributed by atoms with van der Waals surface area (Å²) in [5, 5.41) is 7.53. The molecule has 1 amide bonds. The molecule has 1 saturated heterocycles. The molecule has 0 bridgehead atoms. The molecule has 2 aromatic heterocycles. The molecule has 0 saturated carbocycles. The standard InChI is InChI=1S/C15H20N4OS/c1-11-8-12(2)19(17-11)10-14(20)18-6-3-4-13(9-18)15-16-5-7-21-15/h5,7-8,13H,3-4,6,9-10H2,1-2H3/t13-/m0/s1. The Morgan fingerprint density at radius 3 is 3.00 bits per heavy atom. The zero-order chi connectivity index (χ0) is 14.8. The maximum Gasteiger partial charge on any atom is 0.244 e. The molecule has 0 radical (unpaired) electrons. The van der Waals surface area contributed by atoms with Crippen LogP contribution in [-0.2, 0) is 11.3 Å². The van der Waals surface area contributed by atoms with Gasteiger partial charge in [0, 0.05) is 36.3 Å². The second-order valence-electron chi connectivity index (χ2n) is 5.63. The van der Waals surface area contributed by atoms with Crippen molar-refractivity contribution in [2.75, 3.05) is 13.1 Å². The van der Waals surface area contributed by atoms with Crippen LogP contribution in [0.3, 0.4) is 0 Å². The van der Waals surface area contributed by atoms with Crippen LogP contribution in [0, 0.1) is 13.8 Å². The van der Waals surface area contributed by atoms with E-state index in [0.29, 0.717) is 12.5 Å². The summed E-state index contributed by atoms with van der Waals surface area (Å²) in [5.41, 5.74) is 1.99.